The molecule has 3 heterocycles. The average molecular weight is 494 g/mol. The number of hydrogen-bond donors (Lipinski definition) is 1. The maximum Gasteiger partial charge on any atom is 0.272 e. The lowest BCUT2D eigenvalue weighted by atomic mass is 9.96. The highest BCUT2D eigenvalue weighted by Gasteiger charge is 2.38. The maximum atomic E-state index is 14.5. The third-order valence-electron chi connectivity index (χ3n) is 6.18. The van der Waals surface area contributed by atoms with Gasteiger partial charge in [0.25, 0.3) is 5.95 Å². The van der Waals surface area contributed by atoms with Crippen LogP contribution in [-0.4, -0.2) is 66.7 Å². The number of likely N-dealkylation sites (tertiary alicyclic amines) is 1. The number of carbonyl (C=O) groups excluding carboxylic acids is 2. The summed E-state index contributed by atoms with van der Waals surface area (Å²) in [7, 11) is -3.54. The van der Waals surface area contributed by atoms with Crippen LogP contribution in [0.2, 0.25) is 0 Å². The quantitative estimate of drug-likeness (QED) is 0.650. The molecule has 0 saturated carbocycles. The second kappa shape index (κ2) is 9.32. The third kappa shape index (κ3) is 4.91. The van der Waals surface area contributed by atoms with Crippen molar-refractivity contribution < 1.29 is 26.9 Å². The molecule has 2 aromatic rings. The lowest BCUT2D eigenvalue weighted by Gasteiger charge is -2.41. The standard InChI is InChI=1S/C22H28FN5O5S/c1-13(2)20-25-22(26-33-20)28-10-8-14(11-19(28)29)27-9-4-5-18(21(27)30)24-17-7-6-15(12-16(17)23)34(3,31)32/h6-7,12-14,18,24H,4-5,8-11H2,1-3H3. The predicted molar refractivity (Wildman–Crippen MR) is 122 cm³/mol. The molecule has 12 heteroatoms. The van der Waals surface area contributed by atoms with E-state index in [4.69, 9.17) is 4.52 Å². The van der Waals surface area contributed by atoms with Crippen LogP contribution in [0.1, 0.15) is 51.3 Å². The van der Waals surface area contributed by atoms with Crippen molar-refractivity contribution in [1.82, 2.24) is 15.0 Å². The smallest absolute Gasteiger partial charge is 0.272 e. The van der Waals surface area contributed by atoms with E-state index in [1.54, 1.807) is 4.90 Å². The number of nitrogens with zero attached hydrogens (tertiary/aromatic N) is 4. The van der Waals surface area contributed by atoms with E-state index in [9.17, 15) is 22.4 Å². The summed E-state index contributed by atoms with van der Waals surface area (Å²) in [6, 6.07) is 2.65. The number of piperidine rings is 2. The zero-order chi connectivity index (χ0) is 24.6. The van der Waals surface area contributed by atoms with Crippen LogP contribution in [0.3, 0.4) is 0 Å². The molecule has 10 nitrogen and oxygen atoms in total. The number of hydrogen-bond acceptors (Lipinski definition) is 8. The lowest BCUT2D eigenvalue weighted by molar-refractivity contribution is -0.138. The van der Waals surface area contributed by atoms with E-state index in [0.717, 1.165) is 12.3 Å². The van der Waals surface area contributed by atoms with Gasteiger partial charge in [0.1, 0.15) is 11.9 Å². The predicted octanol–water partition coefficient (Wildman–Crippen LogP) is 2.33. The fourth-order valence-electron chi connectivity index (χ4n) is 4.29. The van der Waals surface area contributed by atoms with Crippen molar-refractivity contribution in [3.8, 4) is 0 Å². The number of amides is 2. The van der Waals surface area contributed by atoms with Crippen LogP contribution in [0.5, 0.6) is 0 Å². The Kier molecular flexibility index (Phi) is 6.61. The van der Waals surface area contributed by atoms with Gasteiger partial charge >= 0.3 is 0 Å². The van der Waals surface area contributed by atoms with E-state index in [1.165, 1.54) is 17.0 Å². The Balaban J connectivity index is 1.42. The Morgan fingerprint density at radius 3 is 2.59 bits per heavy atom. The molecule has 1 aromatic heterocycles. The highest BCUT2D eigenvalue weighted by molar-refractivity contribution is 7.90. The molecule has 2 aliphatic heterocycles. The van der Waals surface area contributed by atoms with Gasteiger partial charge in [-0.05, 0) is 42.6 Å². The molecular weight excluding hydrogens is 465 g/mol. The van der Waals surface area contributed by atoms with Gasteiger partial charge in [-0.15, -0.1) is 0 Å². The minimum atomic E-state index is -3.54. The molecule has 2 fully saturated rings. The second-order valence-corrected chi connectivity index (χ2v) is 11.1. The summed E-state index contributed by atoms with van der Waals surface area (Å²) >= 11 is 0. The SMILES string of the molecule is CC(C)c1nc(N2CCC(N3CCCC(Nc4ccc(S(C)(=O)=O)cc4F)C3=O)CC2=O)no1. The molecule has 4 rings (SSSR count). The van der Waals surface area contributed by atoms with Gasteiger partial charge in [0, 0.05) is 37.7 Å². The number of rotatable bonds is 6. The molecule has 34 heavy (non-hydrogen) atoms. The Hall–Kier alpha value is -3.02. The third-order valence-corrected chi connectivity index (χ3v) is 7.29. The molecule has 2 atom stereocenters. The number of halogens is 1. The van der Waals surface area contributed by atoms with E-state index in [2.05, 4.69) is 15.5 Å². The highest BCUT2D eigenvalue weighted by Crippen LogP contribution is 2.28. The lowest BCUT2D eigenvalue weighted by Crippen LogP contribution is -2.56. The normalized spacial score (nSPS) is 21.9. The Bertz CT molecular complexity index is 1200. The summed E-state index contributed by atoms with van der Waals surface area (Å²) < 4.78 is 43.0. The summed E-state index contributed by atoms with van der Waals surface area (Å²) in [4.78, 5) is 33.3. The van der Waals surface area contributed by atoms with Crippen LogP contribution in [0, 0.1) is 5.82 Å². The minimum Gasteiger partial charge on any atom is -0.371 e. The van der Waals surface area contributed by atoms with E-state index < -0.39 is 21.7 Å². The zero-order valence-corrected chi connectivity index (χ0v) is 20.1. The molecule has 2 saturated heterocycles. The molecule has 0 radical (unpaired) electrons. The zero-order valence-electron chi connectivity index (χ0n) is 19.3. The average Bonchev–Trinajstić information content (AvgIpc) is 3.26. The van der Waals surface area contributed by atoms with E-state index in [1.807, 2.05) is 13.8 Å². The van der Waals surface area contributed by atoms with Crippen molar-refractivity contribution in [1.29, 1.82) is 0 Å². The van der Waals surface area contributed by atoms with Crippen LogP contribution in [-0.2, 0) is 19.4 Å². The molecule has 0 bridgehead atoms. The summed E-state index contributed by atoms with van der Waals surface area (Å²) in [6.45, 7) is 4.72. The van der Waals surface area contributed by atoms with E-state index in [-0.39, 0.29) is 46.7 Å². The van der Waals surface area contributed by atoms with Gasteiger partial charge in [-0.2, -0.15) is 4.98 Å². The number of nitrogens with one attached hydrogen (secondary N) is 1. The van der Waals surface area contributed by atoms with Gasteiger partial charge in [0.15, 0.2) is 9.84 Å². The largest absolute Gasteiger partial charge is 0.371 e. The molecule has 2 aliphatic rings. The number of sulfone groups is 1. The Morgan fingerprint density at radius 2 is 1.97 bits per heavy atom. The highest BCUT2D eigenvalue weighted by atomic mass is 32.2. The number of anilines is 2. The molecular formula is C22H28FN5O5S. The van der Waals surface area contributed by atoms with Crippen molar-refractivity contribution in [3.05, 3.63) is 29.9 Å². The molecule has 2 amide bonds. The van der Waals surface area contributed by atoms with E-state index >= 15 is 0 Å². The van der Waals surface area contributed by atoms with Gasteiger partial charge in [-0.1, -0.05) is 13.8 Å². The molecule has 1 aromatic carbocycles. The molecule has 2 unspecified atom stereocenters. The molecule has 184 valence electrons. The monoisotopic (exact) mass is 493 g/mol. The topological polar surface area (TPSA) is 126 Å². The maximum absolute atomic E-state index is 14.5. The minimum absolute atomic E-state index is 0.0525. The number of benzene rings is 1. The van der Waals surface area contributed by atoms with Crippen LogP contribution in [0.4, 0.5) is 16.0 Å². The van der Waals surface area contributed by atoms with Gasteiger partial charge in [-0.25, -0.2) is 12.8 Å². The molecule has 1 N–H and O–H groups in total. The van der Waals surface area contributed by atoms with Gasteiger partial charge in [-0.3, -0.25) is 14.5 Å². The number of aromatic nitrogens is 2. The fraction of sp³-hybridized carbons (Fsp3) is 0.545. The van der Waals surface area contributed by atoms with Crippen molar-refractivity contribution in [2.45, 2.75) is 62.4 Å². The summed E-state index contributed by atoms with van der Waals surface area (Å²) in [6.07, 6.45) is 2.92. The van der Waals surface area contributed by atoms with Crippen LogP contribution in [0.25, 0.3) is 0 Å². The van der Waals surface area contributed by atoms with Crippen LogP contribution < -0.4 is 10.2 Å². The van der Waals surface area contributed by atoms with Crippen LogP contribution >= 0.6 is 0 Å². The van der Waals surface area contributed by atoms with Crippen molar-refractivity contribution in [3.63, 3.8) is 0 Å². The van der Waals surface area contributed by atoms with Gasteiger partial charge in [0.2, 0.25) is 17.7 Å². The molecule has 0 spiro atoms. The second-order valence-electron chi connectivity index (χ2n) is 9.06. The van der Waals surface area contributed by atoms with Gasteiger partial charge in [0.05, 0.1) is 10.6 Å². The first-order valence-electron chi connectivity index (χ1n) is 11.2. The Morgan fingerprint density at radius 1 is 1.21 bits per heavy atom. The number of carbonyl (C=O) groups is 2. The molecule has 0 aliphatic carbocycles. The van der Waals surface area contributed by atoms with Crippen LogP contribution in [0.15, 0.2) is 27.6 Å². The fourth-order valence-corrected chi connectivity index (χ4v) is 4.93. The van der Waals surface area contributed by atoms with Crippen molar-refractivity contribution >= 4 is 33.3 Å². The summed E-state index contributed by atoms with van der Waals surface area (Å²) in [5, 5.41) is 6.82. The Labute approximate surface area is 197 Å². The summed E-state index contributed by atoms with van der Waals surface area (Å²) in [5.74, 6) is -0.371. The van der Waals surface area contributed by atoms with Crippen molar-refractivity contribution in [2.24, 2.45) is 0 Å². The first-order valence-corrected chi connectivity index (χ1v) is 13.1. The first kappa shape index (κ1) is 24.1. The van der Waals surface area contributed by atoms with Gasteiger partial charge < -0.3 is 14.7 Å². The first-order chi connectivity index (χ1) is 16.0. The van der Waals surface area contributed by atoms with E-state index in [0.29, 0.717) is 38.2 Å². The van der Waals surface area contributed by atoms with Crippen molar-refractivity contribution in [2.75, 3.05) is 29.6 Å². The summed E-state index contributed by atoms with van der Waals surface area (Å²) in [5.41, 5.74) is 0.0663.